The number of hydrogen-bond donors (Lipinski definition) is 1. The number of nitrogens with zero attached hydrogens (tertiary/aromatic N) is 2. The molecule has 21 heavy (non-hydrogen) atoms. The highest BCUT2D eigenvalue weighted by Gasteiger charge is 2.30. The summed E-state index contributed by atoms with van der Waals surface area (Å²) in [6.45, 7) is 3.92. The minimum Gasteiger partial charge on any atom is -0.330 e. The van der Waals surface area contributed by atoms with E-state index in [4.69, 9.17) is 5.73 Å². The second-order valence-corrected chi connectivity index (χ2v) is 7.51. The Hall–Kier alpha value is -1.58. The zero-order chi connectivity index (χ0) is 16.4. The summed E-state index contributed by atoms with van der Waals surface area (Å²) in [7, 11) is -2.76. The van der Waals surface area contributed by atoms with Gasteiger partial charge < -0.3 is 5.73 Å². The molecule has 0 spiro atoms. The third kappa shape index (κ3) is 3.96. The van der Waals surface area contributed by atoms with Crippen LogP contribution in [0.4, 0.5) is 10.1 Å². The molecule has 0 aromatic heterocycles. The van der Waals surface area contributed by atoms with Crippen molar-refractivity contribution in [3.8, 4) is 0 Å². The summed E-state index contributed by atoms with van der Waals surface area (Å²) in [5.41, 5.74) is 4.57. The lowest BCUT2D eigenvalue weighted by molar-refractivity contribution is -0.385. The Morgan fingerprint density at radius 2 is 2.00 bits per heavy atom. The van der Waals surface area contributed by atoms with E-state index in [1.807, 2.05) is 0 Å². The molecule has 0 atom stereocenters. The van der Waals surface area contributed by atoms with Gasteiger partial charge >= 0.3 is 0 Å². The van der Waals surface area contributed by atoms with Crippen molar-refractivity contribution in [3.63, 3.8) is 0 Å². The normalized spacial score (nSPS) is 12.7. The number of non-ortho nitro benzene ring substituents is 1. The summed E-state index contributed by atoms with van der Waals surface area (Å²) in [5, 5.41) is 10.5. The Balaban J connectivity index is 3.16. The van der Waals surface area contributed by atoms with Crippen LogP contribution in [0, 0.1) is 21.3 Å². The maximum atomic E-state index is 13.8. The lowest BCUT2D eigenvalue weighted by Crippen LogP contribution is -2.40. The van der Waals surface area contributed by atoms with Crippen LogP contribution in [0.2, 0.25) is 0 Å². The van der Waals surface area contributed by atoms with Gasteiger partial charge in [0.1, 0.15) is 10.7 Å². The van der Waals surface area contributed by atoms with Crippen molar-refractivity contribution in [1.29, 1.82) is 0 Å². The molecular formula is C12H18FN3O4S. The molecule has 0 heterocycles. The van der Waals surface area contributed by atoms with Crippen LogP contribution in [0.5, 0.6) is 0 Å². The number of nitro benzene ring substituents is 1. The first-order valence-electron chi connectivity index (χ1n) is 6.11. The van der Waals surface area contributed by atoms with E-state index >= 15 is 0 Å². The zero-order valence-corrected chi connectivity index (χ0v) is 12.9. The lowest BCUT2D eigenvalue weighted by atomic mass is 9.94. The van der Waals surface area contributed by atoms with Crippen LogP contribution in [0.15, 0.2) is 23.1 Å². The average molecular weight is 319 g/mol. The first-order chi connectivity index (χ1) is 9.51. The number of nitrogens with two attached hydrogens (primary N) is 1. The van der Waals surface area contributed by atoms with Crippen molar-refractivity contribution in [2.45, 2.75) is 18.7 Å². The van der Waals surface area contributed by atoms with Crippen LogP contribution in [0.1, 0.15) is 13.8 Å². The van der Waals surface area contributed by atoms with Crippen LogP contribution >= 0.6 is 0 Å². The topological polar surface area (TPSA) is 107 Å². The minimum atomic E-state index is -4.08. The quantitative estimate of drug-likeness (QED) is 0.629. The molecule has 0 fully saturated rings. The Morgan fingerprint density at radius 3 is 2.43 bits per heavy atom. The average Bonchev–Trinajstić information content (AvgIpc) is 2.37. The van der Waals surface area contributed by atoms with Crippen LogP contribution in [-0.2, 0) is 10.0 Å². The van der Waals surface area contributed by atoms with Gasteiger partial charge in [0, 0.05) is 19.7 Å². The smallest absolute Gasteiger partial charge is 0.272 e. The molecule has 2 N–H and O–H groups in total. The fourth-order valence-corrected chi connectivity index (χ4v) is 3.13. The molecule has 0 aliphatic carbocycles. The molecule has 0 amide bonds. The van der Waals surface area contributed by atoms with E-state index in [0.29, 0.717) is 6.07 Å². The number of rotatable bonds is 6. The van der Waals surface area contributed by atoms with Gasteiger partial charge in [-0.1, -0.05) is 13.8 Å². The van der Waals surface area contributed by atoms with Gasteiger partial charge in [-0.05, 0) is 18.0 Å². The van der Waals surface area contributed by atoms with Gasteiger partial charge in [-0.25, -0.2) is 17.1 Å². The van der Waals surface area contributed by atoms with Gasteiger partial charge in [0.2, 0.25) is 10.0 Å². The largest absolute Gasteiger partial charge is 0.330 e. The summed E-state index contributed by atoms with van der Waals surface area (Å²) in [4.78, 5) is 9.15. The molecule has 118 valence electrons. The first-order valence-corrected chi connectivity index (χ1v) is 7.55. The van der Waals surface area contributed by atoms with E-state index in [1.165, 1.54) is 7.05 Å². The standard InChI is InChI=1S/C12H18FN3O4S/c1-12(2,7-14)8-15(3)21(19,20)11-5-4-9(16(17)18)6-10(11)13/h4-6H,7-8,14H2,1-3H3. The molecule has 7 nitrogen and oxygen atoms in total. The van der Waals surface area contributed by atoms with Gasteiger partial charge in [0.05, 0.1) is 11.0 Å². The molecule has 0 saturated heterocycles. The second kappa shape index (κ2) is 6.04. The predicted octanol–water partition coefficient (Wildman–Crippen LogP) is 1.34. The highest BCUT2D eigenvalue weighted by molar-refractivity contribution is 7.89. The second-order valence-electron chi connectivity index (χ2n) is 5.50. The molecule has 0 aliphatic rings. The summed E-state index contributed by atoms with van der Waals surface area (Å²) in [6.07, 6.45) is 0. The summed E-state index contributed by atoms with van der Waals surface area (Å²) in [6, 6.07) is 2.45. The van der Waals surface area contributed by atoms with Gasteiger partial charge in [0.25, 0.3) is 5.69 Å². The van der Waals surface area contributed by atoms with Crippen LogP contribution in [-0.4, -0.2) is 37.8 Å². The molecule has 1 aromatic rings. The summed E-state index contributed by atoms with van der Waals surface area (Å²) >= 11 is 0. The molecule has 0 radical (unpaired) electrons. The van der Waals surface area contributed by atoms with Crippen LogP contribution in [0.25, 0.3) is 0 Å². The molecular weight excluding hydrogens is 301 g/mol. The Bertz CT molecular complexity index is 646. The van der Waals surface area contributed by atoms with Gasteiger partial charge in [-0.2, -0.15) is 0 Å². The van der Waals surface area contributed by atoms with Gasteiger partial charge in [0.15, 0.2) is 0 Å². The van der Waals surface area contributed by atoms with Crippen molar-refractivity contribution < 1.29 is 17.7 Å². The SMILES string of the molecule is CN(CC(C)(C)CN)S(=O)(=O)c1ccc([N+](=O)[O-])cc1F. The highest BCUT2D eigenvalue weighted by Crippen LogP contribution is 2.25. The third-order valence-corrected chi connectivity index (χ3v) is 4.85. The number of halogens is 1. The first kappa shape index (κ1) is 17.5. The number of sulfonamides is 1. The zero-order valence-electron chi connectivity index (χ0n) is 12.0. The number of hydrogen-bond acceptors (Lipinski definition) is 5. The number of benzene rings is 1. The number of nitro groups is 1. The van der Waals surface area contributed by atoms with Gasteiger partial charge in [-0.15, -0.1) is 0 Å². The molecule has 0 saturated carbocycles. The maximum absolute atomic E-state index is 13.8. The molecule has 1 aromatic carbocycles. The highest BCUT2D eigenvalue weighted by atomic mass is 32.2. The molecule has 0 unspecified atom stereocenters. The fraction of sp³-hybridized carbons (Fsp3) is 0.500. The van der Waals surface area contributed by atoms with E-state index in [-0.39, 0.29) is 13.1 Å². The van der Waals surface area contributed by atoms with Gasteiger partial charge in [-0.3, -0.25) is 10.1 Å². The van der Waals surface area contributed by atoms with Crippen LogP contribution < -0.4 is 5.73 Å². The van der Waals surface area contributed by atoms with Crippen molar-refractivity contribution in [1.82, 2.24) is 4.31 Å². The van der Waals surface area contributed by atoms with E-state index in [1.54, 1.807) is 13.8 Å². The van der Waals surface area contributed by atoms with Crippen molar-refractivity contribution >= 4 is 15.7 Å². The molecule has 0 aliphatic heterocycles. The van der Waals surface area contributed by atoms with E-state index in [0.717, 1.165) is 16.4 Å². The molecule has 0 bridgehead atoms. The maximum Gasteiger partial charge on any atom is 0.272 e. The summed E-state index contributed by atoms with van der Waals surface area (Å²) < 4.78 is 39.4. The van der Waals surface area contributed by atoms with E-state index in [2.05, 4.69) is 0 Å². The Labute approximate surface area is 122 Å². The van der Waals surface area contributed by atoms with Crippen LogP contribution in [0.3, 0.4) is 0 Å². The van der Waals surface area contributed by atoms with Crippen molar-refractivity contribution in [2.24, 2.45) is 11.1 Å². The lowest BCUT2D eigenvalue weighted by Gasteiger charge is -2.28. The molecule has 9 heteroatoms. The van der Waals surface area contributed by atoms with E-state index < -0.39 is 36.8 Å². The van der Waals surface area contributed by atoms with Crippen molar-refractivity contribution in [3.05, 3.63) is 34.1 Å². The van der Waals surface area contributed by atoms with Crippen molar-refractivity contribution in [2.75, 3.05) is 20.1 Å². The van der Waals surface area contributed by atoms with E-state index in [9.17, 15) is 22.9 Å². The fourth-order valence-electron chi connectivity index (χ4n) is 1.73. The minimum absolute atomic E-state index is 0.0995. The summed E-state index contributed by atoms with van der Waals surface area (Å²) in [5.74, 6) is -1.15. The third-order valence-electron chi connectivity index (χ3n) is 3.02. The molecule has 1 rings (SSSR count). The monoisotopic (exact) mass is 319 g/mol. The Morgan fingerprint density at radius 1 is 1.43 bits per heavy atom. The Kier molecular flexibility index (Phi) is 5.03. The predicted molar refractivity (Wildman–Crippen MR) is 75.7 cm³/mol.